The standard InChI is InChI=1S/C29H37F3/c1-20(24-5-3-2-4-6-24)17-22-11-15-26(16-12-22)25-13-9-21(10-14-25)7-8-23-18-27(30)29(32)28(31)19-23/h2-6,18-22,25-26H,7-17H2,1H3/t20-,21?,22?,25?,26?/m1/s1. The molecule has 0 bridgehead atoms. The Morgan fingerprint density at radius 3 is 1.84 bits per heavy atom. The van der Waals surface area contributed by atoms with Crippen molar-refractivity contribution in [2.75, 3.05) is 0 Å². The van der Waals surface area contributed by atoms with Gasteiger partial charge in [0.1, 0.15) is 0 Å². The first-order chi connectivity index (χ1) is 15.5. The van der Waals surface area contributed by atoms with Crippen LogP contribution in [0.2, 0.25) is 0 Å². The second-order valence-electron chi connectivity index (χ2n) is 10.5. The highest BCUT2D eigenvalue weighted by Crippen LogP contribution is 2.44. The van der Waals surface area contributed by atoms with Gasteiger partial charge in [-0.05, 0) is 97.8 Å². The van der Waals surface area contributed by atoms with Gasteiger partial charge in [0, 0.05) is 0 Å². The molecular weight excluding hydrogens is 405 g/mol. The Morgan fingerprint density at radius 1 is 0.750 bits per heavy atom. The molecule has 4 rings (SSSR count). The van der Waals surface area contributed by atoms with Crippen molar-refractivity contribution < 1.29 is 13.2 Å². The molecule has 2 saturated carbocycles. The van der Waals surface area contributed by atoms with E-state index in [-0.39, 0.29) is 0 Å². The molecule has 1 atom stereocenters. The lowest BCUT2D eigenvalue weighted by Crippen LogP contribution is -2.26. The second kappa shape index (κ2) is 10.9. The summed E-state index contributed by atoms with van der Waals surface area (Å²) in [5.74, 6) is 0.392. The first kappa shape index (κ1) is 23.4. The fraction of sp³-hybridized carbons (Fsp3) is 0.586. The van der Waals surface area contributed by atoms with E-state index in [0.717, 1.165) is 36.3 Å². The molecule has 32 heavy (non-hydrogen) atoms. The molecule has 3 heteroatoms. The van der Waals surface area contributed by atoms with E-state index in [1.54, 1.807) is 0 Å². The smallest absolute Gasteiger partial charge is 0.194 e. The molecule has 0 aromatic heterocycles. The van der Waals surface area contributed by atoms with Gasteiger partial charge in [0.15, 0.2) is 17.5 Å². The summed E-state index contributed by atoms with van der Waals surface area (Å²) in [5.41, 5.74) is 2.05. The van der Waals surface area contributed by atoms with Gasteiger partial charge in [0.05, 0.1) is 0 Å². The first-order valence-corrected chi connectivity index (χ1v) is 12.7. The molecule has 0 radical (unpaired) electrons. The molecule has 0 spiro atoms. The summed E-state index contributed by atoms with van der Waals surface area (Å²) in [4.78, 5) is 0. The largest absolute Gasteiger partial charge is 0.204 e. The van der Waals surface area contributed by atoms with Crippen LogP contribution in [0.4, 0.5) is 13.2 Å². The Morgan fingerprint density at radius 2 is 1.28 bits per heavy atom. The number of halogens is 3. The molecule has 2 aromatic carbocycles. The van der Waals surface area contributed by atoms with Crippen LogP contribution in [0.5, 0.6) is 0 Å². The SMILES string of the molecule is C[C@H](CC1CCC(C2CCC(CCc3cc(F)c(F)c(F)c3)CC2)CC1)c1ccccc1. The van der Waals surface area contributed by atoms with Gasteiger partial charge in [-0.2, -0.15) is 0 Å². The van der Waals surface area contributed by atoms with Gasteiger partial charge in [-0.15, -0.1) is 0 Å². The minimum absolute atomic E-state index is 0.576. The maximum absolute atomic E-state index is 13.4. The molecular formula is C29H37F3. The Labute approximate surface area is 191 Å². The molecule has 0 amide bonds. The molecule has 0 saturated heterocycles. The summed E-state index contributed by atoms with van der Waals surface area (Å²) in [6, 6.07) is 13.2. The van der Waals surface area contributed by atoms with E-state index < -0.39 is 17.5 Å². The molecule has 0 nitrogen and oxygen atoms in total. The predicted octanol–water partition coefficient (Wildman–Crippen LogP) is 8.84. The second-order valence-corrected chi connectivity index (χ2v) is 10.5. The highest BCUT2D eigenvalue weighted by atomic mass is 19.2. The van der Waals surface area contributed by atoms with E-state index in [2.05, 4.69) is 37.3 Å². The third-order valence-electron chi connectivity index (χ3n) is 8.39. The Kier molecular flexibility index (Phi) is 7.97. The van der Waals surface area contributed by atoms with E-state index in [4.69, 9.17) is 0 Å². The quantitative estimate of drug-likeness (QED) is 0.376. The Hall–Kier alpha value is -1.77. The van der Waals surface area contributed by atoms with E-state index in [1.807, 2.05) is 0 Å². The van der Waals surface area contributed by atoms with E-state index in [9.17, 15) is 13.2 Å². The third kappa shape index (κ3) is 5.97. The molecule has 0 aliphatic heterocycles. The van der Waals surface area contributed by atoms with Gasteiger partial charge < -0.3 is 0 Å². The van der Waals surface area contributed by atoms with Crippen molar-refractivity contribution in [3.8, 4) is 0 Å². The van der Waals surface area contributed by atoms with E-state index in [1.165, 1.54) is 63.4 Å². The van der Waals surface area contributed by atoms with Crippen LogP contribution in [-0.2, 0) is 6.42 Å². The van der Waals surface area contributed by atoms with Crippen LogP contribution >= 0.6 is 0 Å². The summed E-state index contributed by atoms with van der Waals surface area (Å²) in [6.45, 7) is 2.37. The molecule has 0 N–H and O–H groups in total. The fourth-order valence-electron chi connectivity index (χ4n) is 6.38. The zero-order valence-electron chi connectivity index (χ0n) is 19.3. The molecule has 2 fully saturated rings. The number of benzene rings is 2. The third-order valence-corrected chi connectivity index (χ3v) is 8.39. The van der Waals surface area contributed by atoms with Crippen molar-refractivity contribution >= 4 is 0 Å². The van der Waals surface area contributed by atoms with Crippen molar-refractivity contribution in [1.82, 2.24) is 0 Å². The maximum atomic E-state index is 13.4. The predicted molar refractivity (Wildman–Crippen MR) is 125 cm³/mol. The molecule has 2 aliphatic carbocycles. The monoisotopic (exact) mass is 442 g/mol. The fourth-order valence-corrected chi connectivity index (χ4v) is 6.38. The van der Waals surface area contributed by atoms with Crippen LogP contribution in [0.15, 0.2) is 42.5 Å². The van der Waals surface area contributed by atoms with Gasteiger partial charge in [0.25, 0.3) is 0 Å². The highest BCUT2D eigenvalue weighted by Gasteiger charge is 2.31. The normalized spacial score (nSPS) is 27.2. The Balaban J connectivity index is 1.17. The lowest BCUT2D eigenvalue weighted by atomic mass is 9.67. The van der Waals surface area contributed by atoms with Gasteiger partial charge in [-0.25, -0.2) is 13.2 Å². The summed E-state index contributed by atoms with van der Waals surface area (Å²) in [5, 5.41) is 0. The van der Waals surface area contributed by atoms with Gasteiger partial charge in [-0.1, -0.05) is 62.9 Å². The Bertz CT molecular complexity index is 823. The highest BCUT2D eigenvalue weighted by molar-refractivity contribution is 5.20. The minimum atomic E-state index is -1.36. The van der Waals surface area contributed by atoms with Crippen LogP contribution in [-0.4, -0.2) is 0 Å². The number of aryl methyl sites for hydroxylation is 1. The van der Waals surface area contributed by atoms with Gasteiger partial charge in [0.2, 0.25) is 0 Å². The zero-order valence-corrected chi connectivity index (χ0v) is 19.3. The minimum Gasteiger partial charge on any atom is -0.204 e. The number of hydrogen-bond acceptors (Lipinski definition) is 0. The summed E-state index contributed by atoms with van der Waals surface area (Å²) in [7, 11) is 0. The molecule has 0 unspecified atom stereocenters. The van der Waals surface area contributed by atoms with Crippen molar-refractivity contribution in [3.63, 3.8) is 0 Å². The molecule has 0 heterocycles. The van der Waals surface area contributed by atoms with Crippen LogP contribution in [0.3, 0.4) is 0 Å². The first-order valence-electron chi connectivity index (χ1n) is 12.7. The van der Waals surface area contributed by atoms with Gasteiger partial charge >= 0.3 is 0 Å². The summed E-state index contributed by atoms with van der Waals surface area (Å²) >= 11 is 0. The molecule has 2 aromatic rings. The van der Waals surface area contributed by atoms with Crippen molar-refractivity contribution in [2.24, 2.45) is 23.7 Å². The summed E-state index contributed by atoms with van der Waals surface area (Å²) < 4.78 is 40.0. The van der Waals surface area contributed by atoms with Crippen LogP contribution < -0.4 is 0 Å². The van der Waals surface area contributed by atoms with Crippen LogP contribution in [0.1, 0.15) is 88.2 Å². The lowest BCUT2D eigenvalue weighted by molar-refractivity contribution is 0.139. The number of hydrogen-bond donors (Lipinski definition) is 0. The van der Waals surface area contributed by atoms with E-state index >= 15 is 0 Å². The van der Waals surface area contributed by atoms with Crippen LogP contribution in [0, 0.1) is 41.1 Å². The maximum Gasteiger partial charge on any atom is 0.194 e. The van der Waals surface area contributed by atoms with E-state index in [0.29, 0.717) is 23.8 Å². The lowest BCUT2D eigenvalue weighted by Gasteiger charge is -2.38. The molecule has 174 valence electrons. The van der Waals surface area contributed by atoms with Crippen molar-refractivity contribution in [3.05, 3.63) is 71.0 Å². The average Bonchev–Trinajstić information content (AvgIpc) is 2.82. The number of rotatable bonds is 7. The topological polar surface area (TPSA) is 0 Å². The average molecular weight is 443 g/mol. The summed E-state index contributed by atoms with van der Waals surface area (Å²) in [6.07, 6.45) is 13.5. The van der Waals surface area contributed by atoms with Crippen molar-refractivity contribution in [1.29, 1.82) is 0 Å². The molecule has 2 aliphatic rings. The van der Waals surface area contributed by atoms with Crippen LogP contribution in [0.25, 0.3) is 0 Å². The van der Waals surface area contributed by atoms with Crippen molar-refractivity contribution in [2.45, 2.75) is 83.5 Å². The zero-order chi connectivity index (χ0) is 22.5. The van der Waals surface area contributed by atoms with Gasteiger partial charge in [-0.3, -0.25) is 0 Å².